The summed E-state index contributed by atoms with van der Waals surface area (Å²) in [7, 11) is 1.85. The predicted molar refractivity (Wildman–Crippen MR) is 96.3 cm³/mol. The van der Waals surface area contributed by atoms with E-state index in [0.717, 1.165) is 28.9 Å². The number of nitrogens with zero attached hydrogens (tertiary/aromatic N) is 3. The number of amides is 1. The van der Waals surface area contributed by atoms with Gasteiger partial charge in [-0.3, -0.25) is 14.5 Å². The molecule has 1 aliphatic heterocycles. The number of pyridine rings is 1. The summed E-state index contributed by atoms with van der Waals surface area (Å²) < 4.78 is 20.9. The van der Waals surface area contributed by atoms with Crippen molar-refractivity contribution in [3.63, 3.8) is 0 Å². The molecule has 132 valence electrons. The number of halogens is 1. The molecule has 1 unspecified atom stereocenters. The first-order valence-electron chi connectivity index (χ1n) is 7.97. The fraction of sp³-hybridized carbons (Fsp3) is 0.167. The van der Waals surface area contributed by atoms with Crippen LogP contribution in [0.3, 0.4) is 0 Å². The number of anilines is 1. The maximum Gasteiger partial charge on any atom is 0.265 e. The van der Waals surface area contributed by atoms with Gasteiger partial charge in [0.2, 0.25) is 0 Å². The highest BCUT2D eigenvalue weighted by Gasteiger charge is 2.21. The first-order valence-corrected chi connectivity index (χ1v) is 8.79. The average molecular weight is 370 g/mol. The molecule has 1 amide bonds. The minimum Gasteiger partial charge on any atom is -0.492 e. The van der Waals surface area contributed by atoms with Crippen LogP contribution in [0.25, 0.3) is 10.6 Å². The van der Waals surface area contributed by atoms with Crippen LogP contribution in [0.2, 0.25) is 0 Å². The van der Waals surface area contributed by atoms with Crippen molar-refractivity contribution in [3.05, 3.63) is 65.4 Å². The quantitative estimate of drug-likeness (QED) is 0.756. The maximum absolute atomic E-state index is 13.6. The number of aryl methyl sites for hydroxylation is 1. The van der Waals surface area contributed by atoms with Crippen LogP contribution in [0.1, 0.15) is 27.9 Å². The summed E-state index contributed by atoms with van der Waals surface area (Å²) in [6.45, 7) is 0. The van der Waals surface area contributed by atoms with E-state index in [9.17, 15) is 9.18 Å². The predicted octanol–water partition coefficient (Wildman–Crippen LogP) is 3.91. The Labute approximate surface area is 152 Å². The Balaban J connectivity index is 1.54. The lowest BCUT2D eigenvalue weighted by atomic mass is 10.2. The van der Waals surface area contributed by atoms with Gasteiger partial charge in [0.05, 0.1) is 33.6 Å². The Morgan fingerprint density at radius 2 is 2.31 bits per heavy atom. The second-order valence-electron chi connectivity index (χ2n) is 5.78. The molecular formula is C18H15FN4O2S. The molecule has 4 heterocycles. The summed E-state index contributed by atoms with van der Waals surface area (Å²) in [6, 6.07) is 6.96. The van der Waals surface area contributed by atoms with Gasteiger partial charge in [0, 0.05) is 19.7 Å². The molecule has 0 spiro atoms. The maximum atomic E-state index is 13.6. The van der Waals surface area contributed by atoms with E-state index in [2.05, 4.69) is 15.4 Å². The zero-order valence-electron chi connectivity index (χ0n) is 13.8. The van der Waals surface area contributed by atoms with E-state index in [4.69, 9.17) is 4.74 Å². The summed E-state index contributed by atoms with van der Waals surface area (Å²) in [5, 5.41) is 7.07. The van der Waals surface area contributed by atoms with Crippen molar-refractivity contribution in [2.45, 2.75) is 12.5 Å². The molecule has 0 saturated heterocycles. The van der Waals surface area contributed by atoms with Crippen molar-refractivity contribution in [1.29, 1.82) is 0 Å². The third kappa shape index (κ3) is 3.11. The number of aromatic nitrogens is 3. The lowest BCUT2D eigenvalue weighted by Gasteiger charge is -2.04. The molecule has 0 bridgehead atoms. The van der Waals surface area contributed by atoms with Crippen LogP contribution < -0.4 is 5.32 Å². The summed E-state index contributed by atoms with van der Waals surface area (Å²) in [6.07, 6.45) is 6.87. The van der Waals surface area contributed by atoms with Crippen molar-refractivity contribution in [2.75, 3.05) is 5.32 Å². The van der Waals surface area contributed by atoms with Crippen molar-refractivity contribution < 1.29 is 13.9 Å². The molecule has 0 aliphatic carbocycles. The fourth-order valence-corrected chi connectivity index (χ4v) is 3.66. The SMILES string of the molecule is Cn1nc(C2CC=CO2)cc1-c1ccc(C(=O)Nc2ccncc2F)s1. The molecule has 1 N–H and O–H groups in total. The molecule has 0 aromatic carbocycles. The number of hydrogen-bond donors (Lipinski definition) is 1. The average Bonchev–Trinajstić information content (AvgIpc) is 3.36. The lowest BCUT2D eigenvalue weighted by molar-refractivity contribution is 0.103. The fourth-order valence-electron chi connectivity index (χ4n) is 2.71. The highest BCUT2D eigenvalue weighted by atomic mass is 32.1. The van der Waals surface area contributed by atoms with E-state index >= 15 is 0 Å². The number of ether oxygens (including phenoxy) is 1. The Hall–Kier alpha value is -3.00. The van der Waals surface area contributed by atoms with E-state index in [1.807, 2.05) is 25.3 Å². The Kier molecular flexibility index (Phi) is 4.26. The largest absolute Gasteiger partial charge is 0.492 e. The van der Waals surface area contributed by atoms with Gasteiger partial charge >= 0.3 is 0 Å². The lowest BCUT2D eigenvalue weighted by Crippen LogP contribution is -2.11. The minimum absolute atomic E-state index is 0.0626. The second kappa shape index (κ2) is 6.72. The van der Waals surface area contributed by atoms with E-state index < -0.39 is 5.82 Å². The van der Waals surface area contributed by atoms with Gasteiger partial charge in [-0.2, -0.15) is 5.10 Å². The van der Waals surface area contributed by atoms with Crippen LogP contribution >= 0.6 is 11.3 Å². The molecule has 0 radical (unpaired) electrons. The van der Waals surface area contributed by atoms with Crippen molar-refractivity contribution in [1.82, 2.24) is 14.8 Å². The van der Waals surface area contributed by atoms with Gasteiger partial charge in [0.15, 0.2) is 5.82 Å². The topological polar surface area (TPSA) is 69.0 Å². The summed E-state index contributed by atoms with van der Waals surface area (Å²) >= 11 is 1.32. The smallest absolute Gasteiger partial charge is 0.265 e. The van der Waals surface area contributed by atoms with Crippen molar-refractivity contribution >= 4 is 22.9 Å². The highest BCUT2D eigenvalue weighted by Crippen LogP contribution is 2.33. The van der Waals surface area contributed by atoms with Crippen molar-refractivity contribution in [2.24, 2.45) is 7.05 Å². The van der Waals surface area contributed by atoms with Gasteiger partial charge in [-0.05, 0) is 30.3 Å². The van der Waals surface area contributed by atoms with Gasteiger partial charge in [-0.1, -0.05) is 0 Å². The Morgan fingerprint density at radius 3 is 3.08 bits per heavy atom. The monoisotopic (exact) mass is 370 g/mol. The molecule has 0 fully saturated rings. The first kappa shape index (κ1) is 16.5. The number of thiophene rings is 1. The third-order valence-electron chi connectivity index (χ3n) is 4.02. The molecule has 8 heteroatoms. The van der Waals surface area contributed by atoms with E-state index in [-0.39, 0.29) is 17.7 Å². The number of hydrogen-bond acceptors (Lipinski definition) is 5. The molecule has 1 atom stereocenters. The number of nitrogens with one attached hydrogen (secondary N) is 1. The van der Waals surface area contributed by atoms with E-state index in [1.165, 1.54) is 23.6 Å². The van der Waals surface area contributed by atoms with Crippen LogP contribution in [0, 0.1) is 5.82 Å². The molecule has 3 aromatic rings. The molecule has 6 nitrogen and oxygen atoms in total. The highest BCUT2D eigenvalue weighted by molar-refractivity contribution is 7.17. The standard InChI is InChI=1S/C18H15FN4O2S/c1-23-14(9-13(22-23)15-3-2-8-25-15)16-4-5-17(26-16)18(24)21-12-6-7-20-10-11(12)19/h2,4-10,15H,3H2,1H3,(H,20,21,24). The molecule has 3 aromatic heterocycles. The van der Waals surface area contributed by atoms with Crippen LogP contribution in [0.5, 0.6) is 0 Å². The van der Waals surface area contributed by atoms with Crippen molar-refractivity contribution in [3.8, 4) is 10.6 Å². The molecule has 0 saturated carbocycles. The third-order valence-corrected chi connectivity index (χ3v) is 5.13. The van der Waals surface area contributed by atoms with Crippen LogP contribution in [0.15, 0.2) is 49.0 Å². The Morgan fingerprint density at radius 1 is 1.42 bits per heavy atom. The molecule has 1 aliphatic rings. The summed E-state index contributed by atoms with van der Waals surface area (Å²) in [4.78, 5) is 17.4. The van der Waals surface area contributed by atoms with Crippen LogP contribution in [-0.4, -0.2) is 20.7 Å². The number of carbonyl (C=O) groups excluding carboxylic acids is 1. The van der Waals surface area contributed by atoms with Crippen LogP contribution in [0.4, 0.5) is 10.1 Å². The van der Waals surface area contributed by atoms with Gasteiger partial charge in [-0.15, -0.1) is 11.3 Å². The van der Waals surface area contributed by atoms with E-state index in [0.29, 0.717) is 4.88 Å². The molecular weight excluding hydrogens is 355 g/mol. The van der Waals surface area contributed by atoms with Gasteiger partial charge in [0.1, 0.15) is 11.8 Å². The zero-order chi connectivity index (χ0) is 18.1. The summed E-state index contributed by atoms with van der Waals surface area (Å²) in [5.74, 6) is -0.934. The normalized spacial score (nSPS) is 15.8. The number of rotatable bonds is 4. The zero-order valence-corrected chi connectivity index (χ0v) is 14.7. The molecule has 26 heavy (non-hydrogen) atoms. The second-order valence-corrected chi connectivity index (χ2v) is 6.87. The van der Waals surface area contributed by atoms with Gasteiger partial charge in [-0.25, -0.2) is 4.39 Å². The van der Waals surface area contributed by atoms with Gasteiger partial charge < -0.3 is 10.1 Å². The van der Waals surface area contributed by atoms with E-state index in [1.54, 1.807) is 17.0 Å². The minimum atomic E-state index is -0.570. The van der Waals surface area contributed by atoms with Crippen LogP contribution in [-0.2, 0) is 11.8 Å². The number of carbonyl (C=O) groups is 1. The van der Waals surface area contributed by atoms with Gasteiger partial charge in [0.25, 0.3) is 5.91 Å². The molecule has 4 rings (SSSR count). The Bertz CT molecular complexity index is 987. The summed E-state index contributed by atoms with van der Waals surface area (Å²) in [5.41, 5.74) is 1.86. The first-order chi connectivity index (χ1) is 12.6.